The molecule has 13 atom stereocenters. The molecule has 39 heteroatoms. The molecule has 4 bridgehead atoms. The molecule has 2 unspecified atom stereocenters. The summed E-state index contributed by atoms with van der Waals surface area (Å²) in [6, 6.07) is 6.41. The first-order valence-corrected chi connectivity index (χ1v) is 51.1. The summed E-state index contributed by atoms with van der Waals surface area (Å²) in [4.78, 5) is 171. The van der Waals surface area contributed by atoms with Crippen LogP contribution in [0, 0.1) is 23.7 Å². The maximum absolute atomic E-state index is 14.6. The molecule has 0 aromatic heterocycles. The van der Waals surface area contributed by atoms with Crippen LogP contribution in [-0.2, 0) is 94.1 Å². The van der Waals surface area contributed by atoms with Gasteiger partial charge in [-0.2, -0.15) is 11.8 Å². The normalized spacial score (nSPS) is 23.8. The van der Waals surface area contributed by atoms with Crippen molar-refractivity contribution in [2.45, 2.75) is 261 Å². The summed E-state index contributed by atoms with van der Waals surface area (Å²) in [5.74, 6) is -3.38. The van der Waals surface area contributed by atoms with Gasteiger partial charge in [0.1, 0.15) is 65.5 Å². The van der Waals surface area contributed by atoms with E-state index in [1.807, 2.05) is 83.9 Å². The number of likely N-dealkylation sites (tertiary alicyclic amines) is 1. The minimum absolute atomic E-state index is 0.0205. The van der Waals surface area contributed by atoms with Crippen molar-refractivity contribution < 1.29 is 101 Å². The van der Waals surface area contributed by atoms with Crippen molar-refractivity contribution in [2.75, 3.05) is 116 Å². The second-order valence-electron chi connectivity index (χ2n) is 38.5. The molecule has 138 heavy (non-hydrogen) atoms. The average molecular weight is 2000 g/mol. The largest absolute Gasteiger partial charge is 0.605 e. The van der Waals surface area contributed by atoms with Crippen LogP contribution < -0.4 is 52.4 Å². The van der Waals surface area contributed by atoms with Crippen LogP contribution in [0.5, 0.6) is 5.75 Å². The van der Waals surface area contributed by atoms with Gasteiger partial charge in [0.2, 0.25) is 53.2 Å². The van der Waals surface area contributed by atoms with E-state index in [1.54, 1.807) is 119 Å². The monoisotopic (exact) mass is 1990 g/mol. The van der Waals surface area contributed by atoms with Gasteiger partial charge < -0.3 is 106 Å². The Labute approximate surface area is 828 Å². The Kier molecular flexibility index (Phi) is 40.1. The Morgan fingerprint density at radius 1 is 0.826 bits per heavy atom. The van der Waals surface area contributed by atoms with E-state index in [4.69, 9.17) is 54.9 Å². The number of epoxide rings is 1. The molecule has 760 valence electrons. The number of esters is 1. The van der Waals surface area contributed by atoms with E-state index < -0.39 is 120 Å². The number of hydrazine groups is 1. The third-order valence-electron chi connectivity index (χ3n) is 26.7. The highest BCUT2D eigenvalue weighted by atomic mass is 35.5. The molecular weight excluding hydrogens is 1850 g/mol. The standard InChI is InChI=1S/C99H142ClN14O21S3/c1-58(2)84(91(122)101-13)106-92(123)85(59(3)4)112(16)95(126)131-54-63-33-35-66(36-34-63)103-90(121)69(30-23-24-43-102-77(115)37-41-97(10,11)132-47-42-96(8,9)130-19)104-78(116)32-26-44-114-72-56-138-86-67-28-21-20-22-29-68(82(67)87(86)137-55-70(72)108-109-114)105-89(120)65-38-45-113(46-39-65)81(119)57-136-48-40-79(117)110(14)62(7)93(124)134-76-52-80(118)111(15)71-50-64(51-73(128-17)83(71)100)49-60(5)27-25-31-75(129-18)99(127)53-74(133-94(125)107-99)61(6)88-98(76,12)135-88/h20-22,25,27-29,31,33-36,50-51,58-59,61-62,65,69,74-76,84-88,109,127H,23-24,26,30,32,37-49,52-57H2,1-19H3,(H,101,122)(H,102,115)(H,103,121)(H,104,116)(H,105,120)(H,106,123)(H,107,125)/q-1/b21-20?,22-20?,28-21?,29-22?,31-25+,60-27+,67-28?,68-29?,82-68?/t61-,62+,69+,74+,75-,76+,84+,85+,86?,87?,88+,98+,99+/m1/s1. The number of amides is 11. The molecule has 0 radical (unpaired) electrons. The molecular formula is C99H142ClN14O21S3-. The highest BCUT2D eigenvalue weighted by molar-refractivity contribution is 8.04. The number of aliphatic hydroxyl groups is 1. The van der Waals surface area contributed by atoms with Gasteiger partial charge in [-0.15, -0.1) is 29.2 Å². The van der Waals surface area contributed by atoms with Crippen LogP contribution in [-0.4, -0.2) is 283 Å². The lowest BCUT2D eigenvalue weighted by Crippen LogP contribution is -2.63. The Hall–Kier alpha value is -9.64. The van der Waals surface area contributed by atoms with Crippen LogP contribution in [0.15, 0.2) is 119 Å². The molecule has 10 rings (SSSR count). The van der Waals surface area contributed by atoms with Crippen LogP contribution in [0.1, 0.15) is 178 Å². The highest BCUT2D eigenvalue weighted by Crippen LogP contribution is 2.54. The van der Waals surface area contributed by atoms with Crippen molar-refractivity contribution in [3.63, 3.8) is 0 Å². The van der Waals surface area contributed by atoms with Gasteiger partial charge in [0.05, 0.1) is 48.9 Å². The second kappa shape index (κ2) is 50.2. The van der Waals surface area contributed by atoms with E-state index >= 15 is 0 Å². The van der Waals surface area contributed by atoms with Gasteiger partial charge in [0.15, 0.2) is 5.72 Å². The summed E-state index contributed by atoms with van der Waals surface area (Å²) in [5, 5.41) is 34.4. The number of thioether (sulfide) groups is 3. The van der Waals surface area contributed by atoms with Crippen LogP contribution in [0.2, 0.25) is 5.02 Å². The lowest BCUT2D eigenvalue weighted by atomic mass is 9.81. The molecule has 8 aliphatic rings. The number of hydrogen-bond donors (Lipinski definition) is 9. The molecule has 11 amide bonds. The lowest BCUT2D eigenvalue weighted by molar-refractivity contribution is -0.162. The quantitative estimate of drug-likeness (QED) is 0.0129. The molecule has 1 saturated carbocycles. The average Bonchev–Trinajstić information content (AvgIpc) is 1.50. The first-order chi connectivity index (χ1) is 65.4. The topological polar surface area (TPSA) is 429 Å². The first kappa shape index (κ1) is 110. The fourth-order valence-electron chi connectivity index (χ4n) is 17.6. The van der Waals surface area contributed by atoms with Crippen LogP contribution in [0.3, 0.4) is 0 Å². The van der Waals surface area contributed by atoms with Crippen LogP contribution in [0.4, 0.5) is 21.0 Å². The Morgan fingerprint density at radius 3 is 2.24 bits per heavy atom. The maximum Gasteiger partial charge on any atom is 0.410 e. The fourth-order valence-corrected chi connectivity index (χ4v) is 21.9. The SMILES string of the molecule is CNC(=O)[C@@H](NC(=O)[C@H](C(C)C)N(C)C(=O)OCc1ccc(NC(=O)[C@H](CCCCNC(=O)CCC(C)(C)OCCC(C)(C)OC)NC(=O)CCCN2N[N-]C3=C2CSC2C4=CC=CC=CC(NC(=O)C5CCN(C(=O)CSCCC(=O)N(C)[C@@H](C)C(=O)O[C@H]6CC(=O)N(C)c7cc(cc(OC)c7Cl)C/C(C)=C/C=C/[C@@H](OC)[C@@]7(O)C[C@H](OC(=O)N7)[C@@H](C)[C@@H]7O[C@@]67C)CC5)=C4C2SC3)cc1)C(C)C. The van der Waals surface area contributed by atoms with Crippen LogP contribution >= 0.6 is 46.9 Å². The van der Waals surface area contributed by atoms with Gasteiger partial charge in [0, 0.05) is 151 Å². The number of carbonyl (C=O) groups is 12. The number of benzene rings is 2. The minimum Gasteiger partial charge on any atom is -0.605 e. The molecule has 35 nitrogen and oxygen atoms in total. The molecule has 2 aromatic carbocycles. The fraction of sp³-hybridized carbons (Fsp3) is 0.616. The van der Waals surface area contributed by atoms with Crippen molar-refractivity contribution in [2.24, 2.45) is 23.7 Å². The lowest BCUT2D eigenvalue weighted by Gasteiger charge is -2.45. The molecule has 4 fully saturated rings. The summed E-state index contributed by atoms with van der Waals surface area (Å²) in [7, 11) is 10.5. The molecule has 6 heterocycles. The maximum atomic E-state index is 14.6. The summed E-state index contributed by atoms with van der Waals surface area (Å²) in [6.45, 7) is 23.9. The number of fused-ring (bicyclic) bond motifs is 9. The third-order valence-corrected chi connectivity index (χ3v) is 30.9. The van der Waals surface area contributed by atoms with Gasteiger partial charge in [-0.25, -0.2) is 14.4 Å². The van der Waals surface area contributed by atoms with E-state index in [0.717, 1.165) is 39.4 Å². The number of carbonyl (C=O) groups excluding carboxylic acids is 12. The molecule has 2 aliphatic carbocycles. The number of piperidine rings is 1. The van der Waals surface area contributed by atoms with Crippen molar-refractivity contribution in [1.82, 2.24) is 57.1 Å². The number of unbranched alkanes of at least 4 members (excludes halogenated alkanes) is 1. The predicted octanol–water partition coefficient (Wildman–Crippen LogP) is 10.9. The van der Waals surface area contributed by atoms with E-state index in [-0.39, 0.29) is 119 Å². The van der Waals surface area contributed by atoms with E-state index in [0.29, 0.717) is 118 Å². The first-order valence-electron chi connectivity index (χ1n) is 47.5. The number of nitrogens with one attached hydrogen (secondary N) is 8. The van der Waals surface area contributed by atoms with Gasteiger partial charge in [-0.3, -0.25) is 53.4 Å². The zero-order chi connectivity index (χ0) is 101. The smallest absolute Gasteiger partial charge is 0.410 e. The number of nitrogens with zero attached hydrogens (tertiary/aromatic N) is 6. The molecule has 3 saturated heterocycles. The molecule has 0 spiro atoms. The number of ether oxygens (including phenoxy) is 8. The number of alkyl carbamates (subject to hydrolysis) is 1. The number of anilines is 2. The number of hydrogen-bond acceptors (Lipinski definition) is 26. The molecule has 6 aliphatic heterocycles. The number of allylic oxidation sites excluding steroid dienone is 8. The van der Waals surface area contributed by atoms with Gasteiger partial charge in [0.25, 0.3) is 0 Å². The molecule has 9 N–H and O–H groups in total. The second-order valence-corrected chi connectivity index (χ2v) is 42.3. The highest BCUT2D eigenvalue weighted by Gasteiger charge is 2.65. The summed E-state index contributed by atoms with van der Waals surface area (Å²) < 4.78 is 47.1. The number of rotatable bonds is 40. The van der Waals surface area contributed by atoms with Crippen molar-refractivity contribution in [3.05, 3.63) is 140 Å². The van der Waals surface area contributed by atoms with Crippen LogP contribution in [0.25, 0.3) is 5.43 Å². The van der Waals surface area contributed by atoms with Gasteiger partial charge in [-0.05, 0) is 171 Å². The Balaban J connectivity index is 0.685. The van der Waals surface area contributed by atoms with Crippen molar-refractivity contribution >= 4 is 130 Å². The summed E-state index contributed by atoms with van der Waals surface area (Å²) >= 11 is 11.7. The van der Waals surface area contributed by atoms with Gasteiger partial charge in [-0.1, -0.05) is 106 Å². The van der Waals surface area contributed by atoms with Crippen molar-refractivity contribution in [3.8, 4) is 5.75 Å². The zero-order valence-corrected chi connectivity index (χ0v) is 86.2. The number of methoxy groups -OCH3 is 3. The summed E-state index contributed by atoms with van der Waals surface area (Å²) in [5.41, 5.74) is 11.6. The predicted molar refractivity (Wildman–Crippen MR) is 532 cm³/mol. The van der Waals surface area contributed by atoms with Gasteiger partial charge >= 0.3 is 18.2 Å². The Morgan fingerprint density at radius 2 is 1.55 bits per heavy atom. The Bertz CT molecular complexity index is 4940. The number of likely N-dealkylation sites (N-methyl/N-ethyl adjacent to an activating group) is 3. The van der Waals surface area contributed by atoms with E-state index in [9.17, 15) is 62.6 Å². The number of halogens is 1. The summed E-state index contributed by atoms with van der Waals surface area (Å²) in [6.07, 6.45) is 13.5. The zero-order valence-electron chi connectivity index (χ0n) is 83.0. The minimum atomic E-state index is -1.90. The molecule has 2 aromatic rings. The third kappa shape index (κ3) is 29.5. The van der Waals surface area contributed by atoms with Crippen molar-refractivity contribution in [1.29, 1.82) is 0 Å². The van der Waals surface area contributed by atoms with E-state index in [2.05, 4.69) is 48.8 Å². The van der Waals surface area contributed by atoms with E-state index in [1.165, 1.54) is 68.7 Å².